The zero-order valence-electron chi connectivity index (χ0n) is 10.7. The average Bonchev–Trinajstić information content (AvgIpc) is 2.82. The zero-order chi connectivity index (χ0) is 13.2. The molecular formula is C13H18BrN3O. The van der Waals surface area contributed by atoms with Crippen LogP contribution in [0.15, 0.2) is 16.7 Å². The molecule has 2 N–H and O–H groups in total. The number of carbonyl (C=O) groups excluding carboxylic acids is 1. The number of amides is 1. The normalized spacial score (nSPS) is 23.1. The Morgan fingerprint density at radius 1 is 1.67 bits per heavy atom. The third-order valence-corrected chi connectivity index (χ3v) is 4.11. The van der Waals surface area contributed by atoms with E-state index < -0.39 is 0 Å². The molecule has 1 atom stereocenters. The number of anilines is 1. The monoisotopic (exact) mass is 311 g/mol. The average molecular weight is 312 g/mol. The van der Waals surface area contributed by atoms with Crippen molar-refractivity contribution in [2.24, 2.45) is 5.41 Å². The number of nitrogens with zero attached hydrogens (tertiary/aromatic N) is 1. The third-order valence-electron chi connectivity index (χ3n) is 3.68. The van der Waals surface area contributed by atoms with Gasteiger partial charge in [0.1, 0.15) is 5.82 Å². The summed E-state index contributed by atoms with van der Waals surface area (Å²) < 4.78 is 0.922. The van der Waals surface area contributed by atoms with Crippen LogP contribution in [0.3, 0.4) is 0 Å². The van der Waals surface area contributed by atoms with Crippen molar-refractivity contribution in [2.75, 3.05) is 18.4 Å². The van der Waals surface area contributed by atoms with E-state index in [9.17, 15) is 4.79 Å². The summed E-state index contributed by atoms with van der Waals surface area (Å²) in [6, 6.07) is 1.95. The lowest BCUT2D eigenvalue weighted by Gasteiger charge is -2.25. The highest BCUT2D eigenvalue weighted by Crippen LogP contribution is 2.31. The Kier molecular flexibility index (Phi) is 4.02. The van der Waals surface area contributed by atoms with Gasteiger partial charge in [-0.05, 0) is 53.9 Å². The minimum absolute atomic E-state index is 0.0768. The first-order chi connectivity index (χ1) is 8.57. The van der Waals surface area contributed by atoms with E-state index in [1.165, 1.54) is 0 Å². The maximum atomic E-state index is 12.4. The number of rotatable bonds is 3. The summed E-state index contributed by atoms with van der Waals surface area (Å²) in [6.45, 7) is 5.67. The van der Waals surface area contributed by atoms with E-state index in [1.807, 2.05) is 13.0 Å². The van der Waals surface area contributed by atoms with E-state index >= 15 is 0 Å². The van der Waals surface area contributed by atoms with E-state index in [1.54, 1.807) is 6.20 Å². The molecular weight excluding hydrogens is 294 g/mol. The van der Waals surface area contributed by atoms with Gasteiger partial charge in [0.25, 0.3) is 0 Å². The zero-order valence-corrected chi connectivity index (χ0v) is 12.3. The first-order valence-corrected chi connectivity index (χ1v) is 7.01. The number of aromatic nitrogens is 1. The summed E-state index contributed by atoms with van der Waals surface area (Å²) in [7, 11) is 0. The van der Waals surface area contributed by atoms with Gasteiger partial charge in [-0.15, -0.1) is 0 Å². The highest BCUT2D eigenvalue weighted by molar-refractivity contribution is 9.10. The Morgan fingerprint density at radius 3 is 3.00 bits per heavy atom. The number of aryl methyl sites for hydroxylation is 1. The third kappa shape index (κ3) is 2.57. The highest BCUT2D eigenvalue weighted by atomic mass is 79.9. The molecule has 0 bridgehead atoms. The van der Waals surface area contributed by atoms with Crippen molar-refractivity contribution >= 4 is 27.7 Å². The van der Waals surface area contributed by atoms with Crippen LogP contribution in [-0.4, -0.2) is 24.0 Å². The highest BCUT2D eigenvalue weighted by Gasteiger charge is 2.39. The van der Waals surface area contributed by atoms with Gasteiger partial charge in [0, 0.05) is 17.2 Å². The molecule has 4 nitrogen and oxygen atoms in total. The number of nitrogens with one attached hydrogen (secondary N) is 2. The van der Waals surface area contributed by atoms with Gasteiger partial charge in [-0.1, -0.05) is 6.92 Å². The van der Waals surface area contributed by atoms with E-state index in [2.05, 4.69) is 38.5 Å². The molecule has 1 aromatic heterocycles. The second-order valence-corrected chi connectivity index (χ2v) is 5.75. The van der Waals surface area contributed by atoms with Gasteiger partial charge in [0.2, 0.25) is 5.91 Å². The van der Waals surface area contributed by atoms with Gasteiger partial charge < -0.3 is 10.6 Å². The van der Waals surface area contributed by atoms with Crippen LogP contribution in [0, 0.1) is 12.3 Å². The van der Waals surface area contributed by atoms with Crippen molar-refractivity contribution in [3.63, 3.8) is 0 Å². The Hall–Kier alpha value is -0.940. The molecule has 98 valence electrons. The van der Waals surface area contributed by atoms with Crippen LogP contribution in [0.5, 0.6) is 0 Å². The standard InChI is InChI=1S/C13H18BrN3O/c1-3-13(4-5-15-8-13)12(18)17-11-9(2)6-10(14)7-16-11/h6-7,15H,3-5,8H2,1-2H3,(H,16,17,18). The smallest absolute Gasteiger partial charge is 0.233 e. The van der Waals surface area contributed by atoms with Crippen molar-refractivity contribution in [1.29, 1.82) is 0 Å². The number of hydrogen-bond donors (Lipinski definition) is 2. The number of carbonyl (C=O) groups is 1. The van der Waals surface area contributed by atoms with E-state index in [0.717, 1.165) is 36.0 Å². The Morgan fingerprint density at radius 2 is 2.44 bits per heavy atom. The van der Waals surface area contributed by atoms with Crippen molar-refractivity contribution in [1.82, 2.24) is 10.3 Å². The summed E-state index contributed by atoms with van der Waals surface area (Å²) in [5.41, 5.74) is 0.691. The molecule has 1 fully saturated rings. The van der Waals surface area contributed by atoms with Gasteiger partial charge in [-0.25, -0.2) is 4.98 Å². The maximum absolute atomic E-state index is 12.4. The molecule has 0 aromatic carbocycles. The fourth-order valence-corrected chi connectivity index (χ4v) is 2.76. The van der Waals surface area contributed by atoms with Crippen LogP contribution in [0.25, 0.3) is 0 Å². The number of pyridine rings is 1. The van der Waals surface area contributed by atoms with Crippen LogP contribution in [-0.2, 0) is 4.79 Å². The van der Waals surface area contributed by atoms with Gasteiger partial charge in [0.05, 0.1) is 5.41 Å². The molecule has 1 saturated heterocycles. The molecule has 1 aromatic rings. The molecule has 18 heavy (non-hydrogen) atoms. The second kappa shape index (κ2) is 5.36. The van der Waals surface area contributed by atoms with Gasteiger partial charge in [-0.2, -0.15) is 0 Å². The van der Waals surface area contributed by atoms with Crippen LogP contribution in [0.4, 0.5) is 5.82 Å². The van der Waals surface area contributed by atoms with Crippen LogP contribution < -0.4 is 10.6 Å². The van der Waals surface area contributed by atoms with E-state index in [0.29, 0.717) is 5.82 Å². The summed E-state index contributed by atoms with van der Waals surface area (Å²) in [6.07, 6.45) is 3.44. The Balaban J connectivity index is 2.15. The first-order valence-electron chi connectivity index (χ1n) is 6.22. The predicted molar refractivity (Wildman–Crippen MR) is 75.5 cm³/mol. The van der Waals surface area contributed by atoms with Crippen molar-refractivity contribution in [3.8, 4) is 0 Å². The molecule has 1 amide bonds. The molecule has 0 saturated carbocycles. The van der Waals surface area contributed by atoms with Crippen molar-refractivity contribution in [3.05, 3.63) is 22.3 Å². The lowest BCUT2D eigenvalue weighted by molar-refractivity contribution is -0.124. The van der Waals surface area contributed by atoms with Crippen molar-refractivity contribution in [2.45, 2.75) is 26.7 Å². The Bertz CT molecular complexity index is 456. The van der Waals surface area contributed by atoms with Gasteiger partial charge in [0.15, 0.2) is 0 Å². The summed E-state index contributed by atoms with van der Waals surface area (Å²) >= 11 is 3.37. The fourth-order valence-electron chi connectivity index (χ4n) is 2.31. The molecule has 0 radical (unpaired) electrons. The van der Waals surface area contributed by atoms with Crippen LogP contribution in [0.1, 0.15) is 25.3 Å². The topological polar surface area (TPSA) is 54.0 Å². The lowest BCUT2D eigenvalue weighted by Crippen LogP contribution is -2.38. The van der Waals surface area contributed by atoms with Gasteiger partial charge >= 0.3 is 0 Å². The van der Waals surface area contributed by atoms with Crippen LogP contribution in [0.2, 0.25) is 0 Å². The molecule has 1 unspecified atom stereocenters. The van der Waals surface area contributed by atoms with Gasteiger partial charge in [-0.3, -0.25) is 4.79 Å². The van der Waals surface area contributed by atoms with Crippen molar-refractivity contribution < 1.29 is 4.79 Å². The minimum atomic E-state index is -0.277. The summed E-state index contributed by atoms with van der Waals surface area (Å²) in [5, 5.41) is 6.23. The van der Waals surface area contributed by atoms with Crippen LogP contribution >= 0.6 is 15.9 Å². The Labute approximate surface area is 116 Å². The molecule has 2 rings (SSSR count). The summed E-state index contributed by atoms with van der Waals surface area (Å²) in [5.74, 6) is 0.732. The largest absolute Gasteiger partial charge is 0.316 e. The fraction of sp³-hybridized carbons (Fsp3) is 0.538. The molecule has 1 aliphatic rings. The number of hydrogen-bond acceptors (Lipinski definition) is 3. The van der Waals surface area contributed by atoms with E-state index in [4.69, 9.17) is 0 Å². The molecule has 0 spiro atoms. The van der Waals surface area contributed by atoms with E-state index in [-0.39, 0.29) is 11.3 Å². The predicted octanol–water partition coefficient (Wildman–Crippen LogP) is 2.48. The lowest BCUT2D eigenvalue weighted by atomic mass is 9.83. The molecule has 2 heterocycles. The quantitative estimate of drug-likeness (QED) is 0.901. The maximum Gasteiger partial charge on any atom is 0.233 e. The minimum Gasteiger partial charge on any atom is -0.316 e. The first kappa shape index (κ1) is 13.5. The molecule has 5 heteroatoms. The second-order valence-electron chi connectivity index (χ2n) is 4.83. The number of halogens is 1. The molecule has 1 aliphatic heterocycles. The SMILES string of the molecule is CCC1(C(=O)Nc2ncc(Br)cc2C)CCNC1. The molecule has 0 aliphatic carbocycles. The summed E-state index contributed by atoms with van der Waals surface area (Å²) in [4.78, 5) is 16.7.